The van der Waals surface area contributed by atoms with E-state index < -0.39 is 0 Å². The minimum absolute atomic E-state index is 0.197. The molecule has 0 saturated carbocycles. The third-order valence-electron chi connectivity index (χ3n) is 2.95. The van der Waals surface area contributed by atoms with Gasteiger partial charge in [0, 0.05) is 20.6 Å². The van der Waals surface area contributed by atoms with E-state index in [1.54, 1.807) is 14.1 Å². The van der Waals surface area contributed by atoms with Crippen LogP contribution in [-0.2, 0) is 20.6 Å². The predicted octanol–water partition coefficient (Wildman–Crippen LogP) is -0.148. The fourth-order valence-corrected chi connectivity index (χ4v) is 2.02. The molecule has 0 aliphatic carbocycles. The van der Waals surface area contributed by atoms with Crippen LogP contribution in [-0.4, -0.2) is 25.8 Å². The average Bonchev–Trinajstić information content (AvgIpc) is 2.59. The Kier molecular flexibility index (Phi) is 2.98. The van der Waals surface area contributed by atoms with E-state index in [0.29, 0.717) is 17.7 Å². The maximum absolute atomic E-state index is 12.2. The third kappa shape index (κ3) is 1.54. The fraction of sp³-hybridized carbons (Fsp3) is 0.545. The molecule has 7 nitrogen and oxygen atoms in total. The first-order valence-corrected chi connectivity index (χ1v) is 5.73. The van der Waals surface area contributed by atoms with Crippen LogP contribution in [0.3, 0.4) is 0 Å². The van der Waals surface area contributed by atoms with Crippen LogP contribution in [0.4, 0.5) is 0 Å². The van der Waals surface area contributed by atoms with Crippen LogP contribution >= 0.6 is 0 Å². The van der Waals surface area contributed by atoms with E-state index in [1.165, 1.54) is 20.8 Å². The summed E-state index contributed by atoms with van der Waals surface area (Å²) in [6, 6.07) is 0.197. The summed E-state index contributed by atoms with van der Waals surface area (Å²) in [6.45, 7) is 2.49. The molecule has 18 heavy (non-hydrogen) atoms. The van der Waals surface area contributed by atoms with Crippen molar-refractivity contribution in [2.75, 3.05) is 7.11 Å². The van der Waals surface area contributed by atoms with Crippen molar-refractivity contribution in [2.24, 2.45) is 14.1 Å². The lowest BCUT2D eigenvalue weighted by Gasteiger charge is -2.06. The lowest BCUT2D eigenvalue weighted by atomic mass is 10.4. The molecular weight excluding hydrogens is 236 g/mol. The molecule has 0 amide bonds. The molecule has 7 heteroatoms. The normalized spacial score (nSPS) is 11.1. The highest BCUT2D eigenvalue weighted by Gasteiger charge is 2.18. The number of aromatic nitrogens is 4. The highest BCUT2D eigenvalue weighted by molar-refractivity contribution is 5.70. The van der Waals surface area contributed by atoms with Gasteiger partial charge in [-0.25, -0.2) is 4.79 Å². The van der Waals surface area contributed by atoms with E-state index in [1.807, 2.05) is 6.92 Å². The summed E-state index contributed by atoms with van der Waals surface area (Å²) in [6.07, 6.45) is 0.790. The van der Waals surface area contributed by atoms with Crippen molar-refractivity contribution in [3.63, 3.8) is 0 Å². The topological polar surface area (TPSA) is 71.0 Å². The number of hydrogen-bond donors (Lipinski definition) is 0. The predicted molar refractivity (Wildman–Crippen MR) is 67.1 cm³/mol. The number of fused-ring (bicyclic) bond motifs is 1. The van der Waals surface area contributed by atoms with Crippen molar-refractivity contribution in [3.05, 3.63) is 20.8 Å². The Morgan fingerprint density at radius 1 is 1.22 bits per heavy atom. The van der Waals surface area contributed by atoms with Crippen LogP contribution < -0.4 is 16.0 Å². The molecule has 0 aromatic carbocycles. The van der Waals surface area contributed by atoms with Gasteiger partial charge in [0.15, 0.2) is 11.2 Å². The van der Waals surface area contributed by atoms with Crippen molar-refractivity contribution in [1.29, 1.82) is 0 Å². The molecule has 0 fully saturated rings. The molecule has 0 saturated heterocycles. The lowest BCUT2D eigenvalue weighted by Crippen LogP contribution is -2.24. The molecule has 0 bridgehead atoms. The first-order valence-electron chi connectivity index (χ1n) is 5.73. The molecule has 2 aromatic rings. The van der Waals surface area contributed by atoms with Crippen LogP contribution in [0.15, 0.2) is 9.59 Å². The van der Waals surface area contributed by atoms with E-state index in [0.717, 1.165) is 6.42 Å². The monoisotopic (exact) mass is 252 g/mol. The van der Waals surface area contributed by atoms with Gasteiger partial charge >= 0.3 is 11.7 Å². The van der Waals surface area contributed by atoms with Crippen molar-refractivity contribution < 1.29 is 4.74 Å². The van der Waals surface area contributed by atoms with Crippen molar-refractivity contribution in [3.8, 4) is 6.01 Å². The van der Waals surface area contributed by atoms with Crippen molar-refractivity contribution in [2.45, 2.75) is 19.9 Å². The molecule has 0 unspecified atom stereocenters. The van der Waals surface area contributed by atoms with Gasteiger partial charge in [0.05, 0.1) is 7.11 Å². The first-order chi connectivity index (χ1) is 8.52. The molecule has 2 aromatic heterocycles. The number of imidazole rings is 1. The molecule has 2 heterocycles. The number of methoxy groups -OCH3 is 1. The number of ether oxygens (including phenoxy) is 1. The molecule has 0 spiro atoms. The van der Waals surface area contributed by atoms with Gasteiger partial charge in [-0.15, -0.1) is 0 Å². The van der Waals surface area contributed by atoms with Crippen LogP contribution in [0, 0.1) is 0 Å². The summed E-state index contributed by atoms with van der Waals surface area (Å²) < 4.78 is 9.17. The van der Waals surface area contributed by atoms with E-state index >= 15 is 0 Å². The summed E-state index contributed by atoms with van der Waals surface area (Å²) in [5.41, 5.74) is 0.164. The highest BCUT2D eigenvalue weighted by Crippen LogP contribution is 2.10. The molecule has 0 aliphatic heterocycles. The Morgan fingerprint density at radius 3 is 2.44 bits per heavy atom. The van der Waals surface area contributed by atoms with Crippen LogP contribution in [0.2, 0.25) is 0 Å². The van der Waals surface area contributed by atoms with E-state index in [-0.39, 0.29) is 17.3 Å². The fourth-order valence-electron chi connectivity index (χ4n) is 2.02. The zero-order valence-corrected chi connectivity index (χ0v) is 10.9. The van der Waals surface area contributed by atoms with Crippen molar-refractivity contribution >= 4 is 11.2 Å². The molecule has 2 rings (SSSR count). The lowest BCUT2D eigenvalue weighted by molar-refractivity contribution is 0.358. The van der Waals surface area contributed by atoms with Gasteiger partial charge < -0.3 is 4.74 Å². The Bertz CT molecular complexity index is 708. The second kappa shape index (κ2) is 4.32. The molecule has 0 N–H and O–H groups in total. The van der Waals surface area contributed by atoms with Crippen LogP contribution in [0.1, 0.15) is 13.3 Å². The van der Waals surface area contributed by atoms with E-state index in [4.69, 9.17) is 4.74 Å². The summed E-state index contributed by atoms with van der Waals surface area (Å²) in [5, 5.41) is 0. The van der Waals surface area contributed by atoms with Gasteiger partial charge in [0.25, 0.3) is 5.56 Å². The smallest absolute Gasteiger partial charge is 0.330 e. The molecule has 0 aliphatic rings. The van der Waals surface area contributed by atoms with Gasteiger partial charge in [-0.3, -0.25) is 18.5 Å². The van der Waals surface area contributed by atoms with Gasteiger partial charge in [-0.2, -0.15) is 4.98 Å². The second-order valence-electron chi connectivity index (χ2n) is 4.13. The molecule has 0 radical (unpaired) electrons. The zero-order chi connectivity index (χ0) is 13.4. The number of nitrogens with zero attached hydrogens (tertiary/aromatic N) is 4. The van der Waals surface area contributed by atoms with Gasteiger partial charge in [0.1, 0.15) is 0 Å². The average molecular weight is 252 g/mol. The Morgan fingerprint density at radius 2 is 1.89 bits per heavy atom. The maximum Gasteiger partial charge on any atom is 0.330 e. The number of hydrogen-bond acceptors (Lipinski definition) is 4. The summed E-state index contributed by atoms with van der Waals surface area (Å²) in [7, 11) is 4.58. The van der Waals surface area contributed by atoms with Crippen molar-refractivity contribution in [1.82, 2.24) is 18.7 Å². The zero-order valence-electron chi connectivity index (χ0n) is 10.9. The summed E-state index contributed by atoms with van der Waals surface area (Å²) in [4.78, 5) is 28.4. The third-order valence-corrected chi connectivity index (χ3v) is 2.95. The van der Waals surface area contributed by atoms with Gasteiger partial charge in [-0.1, -0.05) is 6.92 Å². The molecule has 0 atom stereocenters. The quantitative estimate of drug-likeness (QED) is 0.761. The number of aryl methyl sites for hydroxylation is 2. The van der Waals surface area contributed by atoms with E-state index in [9.17, 15) is 9.59 Å². The summed E-state index contributed by atoms with van der Waals surface area (Å²) in [5.74, 6) is 0. The standard InChI is InChI=1S/C11H16N4O3/c1-5-6-15-8-7(13(2)11(15)17)9(16)14(3)10(12-8)18-4/h5-6H2,1-4H3. The Hall–Kier alpha value is -2.05. The minimum Gasteiger partial charge on any atom is -0.468 e. The Balaban J connectivity index is 2.97. The summed E-state index contributed by atoms with van der Waals surface area (Å²) >= 11 is 0. The van der Waals surface area contributed by atoms with Crippen LogP contribution in [0.25, 0.3) is 11.2 Å². The Labute approximate surface area is 103 Å². The van der Waals surface area contributed by atoms with Gasteiger partial charge in [0.2, 0.25) is 0 Å². The number of rotatable bonds is 3. The first kappa shape index (κ1) is 12.4. The van der Waals surface area contributed by atoms with Gasteiger partial charge in [-0.05, 0) is 6.42 Å². The highest BCUT2D eigenvalue weighted by atomic mass is 16.5. The molecule has 98 valence electrons. The second-order valence-corrected chi connectivity index (χ2v) is 4.13. The maximum atomic E-state index is 12.2. The SMILES string of the molecule is CCCn1c(=O)n(C)c2c(=O)n(C)c(OC)nc21. The largest absolute Gasteiger partial charge is 0.468 e. The van der Waals surface area contributed by atoms with E-state index in [2.05, 4.69) is 4.98 Å². The molecular formula is C11H16N4O3. The minimum atomic E-state index is -0.286. The van der Waals surface area contributed by atoms with Crippen LogP contribution in [0.5, 0.6) is 6.01 Å².